The Labute approximate surface area is 161 Å². The second-order valence-corrected chi connectivity index (χ2v) is 6.44. The van der Waals surface area contributed by atoms with Crippen molar-refractivity contribution < 1.29 is 19.2 Å². The van der Waals surface area contributed by atoms with E-state index in [0.29, 0.717) is 11.3 Å². The molecule has 2 aromatic carbocycles. The number of amides is 5. The van der Waals surface area contributed by atoms with E-state index in [9.17, 15) is 19.2 Å². The van der Waals surface area contributed by atoms with Crippen LogP contribution < -0.4 is 16.4 Å². The Morgan fingerprint density at radius 2 is 1.71 bits per heavy atom. The summed E-state index contributed by atoms with van der Waals surface area (Å²) in [4.78, 5) is 48.8. The van der Waals surface area contributed by atoms with Gasteiger partial charge in [0.25, 0.3) is 5.91 Å². The zero-order valence-electron chi connectivity index (χ0n) is 15.1. The first-order chi connectivity index (χ1) is 13.4. The van der Waals surface area contributed by atoms with Gasteiger partial charge in [-0.1, -0.05) is 30.3 Å². The molecule has 28 heavy (non-hydrogen) atoms. The van der Waals surface area contributed by atoms with Crippen LogP contribution in [0, 0.1) is 0 Å². The quantitative estimate of drug-likeness (QED) is 0.632. The molecule has 1 heterocycles. The highest BCUT2D eigenvalue weighted by molar-refractivity contribution is 6.04. The van der Waals surface area contributed by atoms with Gasteiger partial charge in [-0.15, -0.1) is 0 Å². The summed E-state index contributed by atoms with van der Waals surface area (Å²) in [7, 11) is 0. The van der Waals surface area contributed by atoms with Crippen LogP contribution in [-0.2, 0) is 16.1 Å². The normalized spacial score (nSPS) is 16.0. The minimum atomic E-state index is -0.723. The molecule has 8 heteroatoms. The van der Waals surface area contributed by atoms with Gasteiger partial charge in [0.05, 0.1) is 6.54 Å². The molecule has 0 saturated carbocycles. The van der Waals surface area contributed by atoms with Crippen molar-refractivity contribution in [2.45, 2.75) is 25.4 Å². The fraction of sp³-hybridized carbons (Fsp3) is 0.200. The van der Waals surface area contributed by atoms with E-state index in [2.05, 4.69) is 10.6 Å². The SMILES string of the molecule is NC(=O)c1ccc(NC(=O)CC[C@@H]2NC(=O)N(Cc3ccccc3)C2=O)cc1. The van der Waals surface area contributed by atoms with Gasteiger partial charge in [0.1, 0.15) is 6.04 Å². The maximum Gasteiger partial charge on any atom is 0.325 e. The highest BCUT2D eigenvalue weighted by Gasteiger charge is 2.37. The average Bonchev–Trinajstić information content (AvgIpc) is 2.95. The molecule has 1 aliphatic heterocycles. The number of primary amides is 1. The monoisotopic (exact) mass is 380 g/mol. The number of carbonyl (C=O) groups is 4. The molecule has 2 aromatic rings. The standard InChI is InChI=1S/C20H20N4O4/c21-18(26)14-6-8-15(9-7-14)22-17(25)11-10-16-19(27)24(20(28)23-16)12-13-4-2-1-3-5-13/h1-9,16H,10-12H2,(H2,21,26)(H,22,25)(H,23,28)/t16-/m0/s1. The summed E-state index contributed by atoms with van der Waals surface area (Å²) >= 11 is 0. The molecule has 1 fully saturated rings. The van der Waals surface area contributed by atoms with Crippen LogP contribution in [0.4, 0.5) is 10.5 Å². The molecule has 8 nitrogen and oxygen atoms in total. The number of carbonyl (C=O) groups excluding carboxylic acids is 4. The van der Waals surface area contributed by atoms with Crippen molar-refractivity contribution in [1.82, 2.24) is 10.2 Å². The number of benzene rings is 2. The van der Waals surface area contributed by atoms with Crippen molar-refractivity contribution in [3.05, 3.63) is 65.7 Å². The Bertz CT molecular complexity index is 896. The topological polar surface area (TPSA) is 122 Å². The molecular formula is C20H20N4O4. The largest absolute Gasteiger partial charge is 0.366 e. The third-order valence-electron chi connectivity index (χ3n) is 4.40. The Morgan fingerprint density at radius 3 is 2.36 bits per heavy atom. The van der Waals surface area contributed by atoms with E-state index in [4.69, 9.17) is 5.73 Å². The van der Waals surface area contributed by atoms with Crippen molar-refractivity contribution in [1.29, 1.82) is 0 Å². The Balaban J connectivity index is 1.51. The molecule has 1 atom stereocenters. The van der Waals surface area contributed by atoms with E-state index >= 15 is 0 Å². The fourth-order valence-corrected chi connectivity index (χ4v) is 2.91. The Hall–Kier alpha value is -3.68. The van der Waals surface area contributed by atoms with Crippen LogP contribution in [0.25, 0.3) is 0 Å². The lowest BCUT2D eigenvalue weighted by Crippen LogP contribution is -2.31. The second-order valence-electron chi connectivity index (χ2n) is 6.44. The van der Waals surface area contributed by atoms with Gasteiger partial charge in [-0.3, -0.25) is 19.3 Å². The summed E-state index contributed by atoms with van der Waals surface area (Å²) < 4.78 is 0. The third-order valence-corrected chi connectivity index (χ3v) is 4.40. The summed E-state index contributed by atoms with van der Waals surface area (Å²) in [6, 6.07) is 14.2. The van der Waals surface area contributed by atoms with Crippen molar-refractivity contribution in [3.8, 4) is 0 Å². The molecule has 0 aromatic heterocycles. The number of urea groups is 1. The van der Waals surface area contributed by atoms with Gasteiger partial charge in [0.15, 0.2) is 0 Å². The smallest absolute Gasteiger partial charge is 0.325 e. The van der Waals surface area contributed by atoms with Crippen molar-refractivity contribution in [3.63, 3.8) is 0 Å². The predicted octanol–water partition coefficient (Wildman–Crippen LogP) is 1.62. The highest BCUT2D eigenvalue weighted by Crippen LogP contribution is 2.16. The first kappa shape index (κ1) is 19.1. The molecule has 4 N–H and O–H groups in total. The van der Waals surface area contributed by atoms with E-state index in [1.807, 2.05) is 30.3 Å². The molecule has 0 unspecified atom stereocenters. The van der Waals surface area contributed by atoms with E-state index in [0.717, 1.165) is 10.5 Å². The molecule has 0 bridgehead atoms. The lowest BCUT2D eigenvalue weighted by molar-refractivity contribution is -0.128. The maximum absolute atomic E-state index is 12.5. The van der Waals surface area contributed by atoms with Crippen molar-refractivity contribution >= 4 is 29.4 Å². The molecule has 3 rings (SSSR count). The number of imide groups is 1. The number of nitrogens with two attached hydrogens (primary N) is 1. The lowest BCUT2D eigenvalue weighted by atomic mass is 10.1. The number of rotatable bonds is 7. The van der Waals surface area contributed by atoms with Crippen LogP contribution in [0.1, 0.15) is 28.8 Å². The Morgan fingerprint density at radius 1 is 1.04 bits per heavy atom. The van der Waals surface area contributed by atoms with E-state index in [1.165, 1.54) is 12.1 Å². The van der Waals surface area contributed by atoms with Crippen LogP contribution in [0.5, 0.6) is 0 Å². The lowest BCUT2D eigenvalue weighted by Gasteiger charge is -2.13. The van der Waals surface area contributed by atoms with Gasteiger partial charge in [-0.05, 0) is 36.2 Å². The molecule has 1 saturated heterocycles. The number of hydrogen-bond acceptors (Lipinski definition) is 4. The highest BCUT2D eigenvalue weighted by atomic mass is 16.2. The molecular weight excluding hydrogens is 360 g/mol. The number of hydrogen-bond donors (Lipinski definition) is 3. The van der Waals surface area contributed by atoms with Crippen LogP contribution in [0.15, 0.2) is 54.6 Å². The zero-order chi connectivity index (χ0) is 20.1. The summed E-state index contributed by atoms with van der Waals surface area (Å²) in [5.41, 5.74) is 6.88. The van der Waals surface area contributed by atoms with Crippen LogP contribution in [0.3, 0.4) is 0 Å². The predicted molar refractivity (Wildman–Crippen MR) is 102 cm³/mol. The molecule has 1 aliphatic rings. The summed E-state index contributed by atoms with van der Waals surface area (Å²) in [5.74, 6) is -1.18. The number of nitrogens with zero attached hydrogens (tertiary/aromatic N) is 1. The minimum Gasteiger partial charge on any atom is -0.366 e. The zero-order valence-corrected chi connectivity index (χ0v) is 15.1. The van der Waals surface area contributed by atoms with Gasteiger partial charge in [-0.25, -0.2) is 4.79 Å². The van der Waals surface area contributed by atoms with Gasteiger partial charge in [0, 0.05) is 17.7 Å². The van der Waals surface area contributed by atoms with E-state index < -0.39 is 18.0 Å². The van der Waals surface area contributed by atoms with Crippen LogP contribution in [-0.4, -0.2) is 34.7 Å². The molecule has 0 spiro atoms. The minimum absolute atomic E-state index is 0.0629. The van der Waals surface area contributed by atoms with E-state index in [1.54, 1.807) is 12.1 Å². The first-order valence-electron chi connectivity index (χ1n) is 8.79. The summed E-state index contributed by atoms with van der Waals surface area (Å²) in [6.45, 7) is 0.195. The van der Waals surface area contributed by atoms with Gasteiger partial charge in [0.2, 0.25) is 11.8 Å². The Kier molecular flexibility index (Phi) is 5.69. The summed E-state index contributed by atoms with van der Waals surface area (Å²) in [6.07, 6.45) is 0.258. The molecule has 5 amide bonds. The average molecular weight is 380 g/mol. The third kappa shape index (κ3) is 4.53. The molecule has 144 valence electrons. The van der Waals surface area contributed by atoms with E-state index in [-0.39, 0.29) is 31.2 Å². The fourth-order valence-electron chi connectivity index (χ4n) is 2.91. The number of anilines is 1. The van der Waals surface area contributed by atoms with Gasteiger partial charge >= 0.3 is 6.03 Å². The van der Waals surface area contributed by atoms with Crippen LogP contribution >= 0.6 is 0 Å². The van der Waals surface area contributed by atoms with Gasteiger partial charge < -0.3 is 16.4 Å². The summed E-state index contributed by atoms with van der Waals surface area (Å²) in [5, 5.41) is 5.30. The van der Waals surface area contributed by atoms with Gasteiger partial charge in [-0.2, -0.15) is 0 Å². The second kappa shape index (κ2) is 8.34. The maximum atomic E-state index is 12.5. The first-order valence-corrected chi connectivity index (χ1v) is 8.79. The van der Waals surface area contributed by atoms with Crippen molar-refractivity contribution in [2.75, 3.05) is 5.32 Å². The molecule has 0 aliphatic carbocycles. The number of nitrogens with one attached hydrogen (secondary N) is 2. The molecule has 0 radical (unpaired) electrons. The van der Waals surface area contributed by atoms with Crippen molar-refractivity contribution in [2.24, 2.45) is 5.73 Å². The van der Waals surface area contributed by atoms with Crippen LogP contribution in [0.2, 0.25) is 0 Å².